The van der Waals surface area contributed by atoms with Crippen LogP contribution >= 0.6 is 11.6 Å². The van der Waals surface area contributed by atoms with Crippen LogP contribution in [0, 0.1) is 18.8 Å². The average molecular weight is 404 g/mol. The Morgan fingerprint density at radius 3 is 2.68 bits per heavy atom. The Hall–Kier alpha value is -1.11. The summed E-state index contributed by atoms with van der Waals surface area (Å²) in [5.41, 5.74) is 3.63. The lowest BCUT2D eigenvalue weighted by atomic mass is 9.77. The van der Waals surface area contributed by atoms with Crippen LogP contribution in [-0.2, 0) is 11.3 Å². The van der Waals surface area contributed by atoms with Gasteiger partial charge in [0.25, 0.3) is 0 Å². The molecule has 4 atom stereocenters. The first-order chi connectivity index (χ1) is 13.6. The number of nitrogens with zero attached hydrogens (tertiary/aromatic N) is 2. The van der Waals surface area contributed by atoms with Crippen molar-refractivity contribution in [2.75, 3.05) is 39.4 Å². The lowest BCUT2D eigenvalue weighted by molar-refractivity contribution is -0.0520. The van der Waals surface area contributed by atoms with Gasteiger partial charge in [-0.05, 0) is 43.2 Å². The van der Waals surface area contributed by atoms with Gasteiger partial charge < -0.3 is 14.8 Å². The van der Waals surface area contributed by atoms with Gasteiger partial charge in [-0.1, -0.05) is 23.7 Å². The molecule has 0 radical (unpaired) electrons. The standard InChI is InChI=1S/C22H30ClN3O2/c1-14-17-3-2-4-18(23)22(17)24-19(14)13-25-11-15-9-20(21(27)10-16(15)12-25)26-5-7-28-8-6-26/h2-4,15-16,20-21,24,27H,5-13H2,1H3/t15-,16+,20-,21-/m1/s1. The van der Waals surface area contributed by atoms with Crippen molar-refractivity contribution in [3.8, 4) is 0 Å². The van der Waals surface area contributed by atoms with Crippen LogP contribution in [0.1, 0.15) is 24.1 Å². The van der Waals surface area contributed by atoms with Gasteiger partial charge in [0, 0.05) is 49.8 Å². The van der Waals surface area contributed by atoms with Crippen molar-refractivity contribution in [2.24, 2.45) is 11.8 Å². The van der Waals surface area contributed by atoms with Crippen molar-refractivity contribution >= 4 is 22.5 Å². The van der Waals surface area contributed by atoms with E-state index in [1.807, 2.05) is 12.1 Å². The Kier molecular flexibility index (Phi) is 5.14. The molecule has 0 spiro atoms. The van der Waals surface area contributed by atoms with Crippen LogP contribution in [0.25, 0.3) is 10.9 Å². The number of aryl methyl sites for hydroxylation is 1. The number of hydrogen-bond donors (Lipinski definition) is 2. The molecule has 2 N–H and O–H groups in total. The number of aromatic nitrogens is 1. The number of fused-ring (bicyclic) bond motifs is 2. The summed E-state index contributed by atoms with van der Waals surface area (Å²) in [6, 6.07) is 6.41. The number of H-pyrrole nitrogens is 1. The van der Waals surface area contributed by atoms with Gasteiger partial charge in [-0.3, -0.25) is 9.80 Å². The zero-order chi connectivity index (χ0) is 19.3. The van der Waals surface area contributed by atoms with E-state index in [9.17, 15) is 5.11 Å². The number of benzene rings is 1. The second-order valence-electron chi connectivity index (χ2n) is 8.86. The van der Waals surface area contributed by atoms with Gasteiger partial charge in [0.1, 0.15) is 0 Å². The van der Waals surface area contributed by atoms with Gasteiger partial charge in [0.05, 0.1) is 29.9 Å². The van der Waals surface area contributed by atoms with Crippen molar-refractivity contribution in [3.05, 3.63) is 34.5 Å². The fourth-order valence-electron chi connectivity index (χ4n) is 5.69. The second-order valence-corrected chi connectivity index (χ2v) is 9.27. The Balaban J connectivity index is 1.28. The van der Waals surface area contributed by atoms with E-state index in [0.717, 1.165) is 69.3 Å². The van der Waals surface area contributed by atoms with Crippen LogP contribution in [0.4, 0.5) is 0 Å². The summed E-state index contributed by atoms with van der Waals surface area (Å²) < 4.78 is 5.50. The maximum absolute atomic E-state index is 10.8. The van der Waals surface area contributed by atoms with E-state index in [2.05, 4.69) is 27.8 Å². The molecule has 6 heteroatoms. The van der Waals surface area contributed by atoms with E-state index in [-0.39, 0.29) is 6.10 Å². The zero-order valence-corrected chi connectivity index (χ0v) is 17.3. The number of aliphatic hydroxyl groups is 1. The minimum Gasteiger partial charge on any atom is -0.391 e. The molecule has 0 amide bonds. The molecule has 1 aromatic heterocycles. The molecule has 2 aromatic rings. The minimum absolute atomic E-state index is 0.201. The first-order valence-corrected chi connectivity index (χ1v) is 11.0. The van der Waals surface area contributed by atoms with Crippen molar-refractivity contribution in [1.29, 1.82) is 0 Å². The molecule has 1 aromatic carbocycles. The van der Waals surface area contributed by atoms with E-state index in [0.29, 0.717) is 17.9 Å². The molecule has 3 heterocycles. The highest BCUT2D eigenvalue weighted by molar-refractivity contribution is 6.35. The monoisotopic (exact) mass is 403 g/mol. The summed E-state index contributed by atoms with van der Waals surface area (Å²) >= 11 is 6.38. The zero-order valence-electron chi connectivity index (χ0n) is 16.5. The minimum atomic E-state index is -0.201. The molecule has 3 aliphatic rings. The maximum Gasteiger partial charge on any atom is 0.0698 e. The number of rotatable bonds is 3. The van der Waals surface area contributed by atoms with E-state index in [1.54, 1.807) is 0 Å². The van der Waals surface area contributed by atoms with Gasteiger partial charge in [-0.2, -0.15) is 0 Å². The van der Waals surface area contributed by atoms with Gasteiger partial charge in [0.15, 0.2) is 0 Å². The van der Waals surface area contributed by atoms with Crippen LogP contribution in [-0.4, -0.2) is 71.4 Å². The van der Waals surface area contributed by atoms with Crippen molar-refractivity contribution in [2.45, 2.75) is 38.5 Å². The van der Waals surface area contributed by atoms with E-state index in [1.165, 1.54) is 16.6 Å². The van der Waals surface area contributed by atoms with Crippen LogP contribution in [0.2, 0.25) is 5.02 Å². The molecular formula is C22H30ClN3O2. The number of likely N-dealkylation sites (tertiary alicyclic amines) is 1. The first kappa shape index (κ1) is 18.9. The second kappa shape index (κ2) is 7.62. The summed E-state index contributed by atoms with van der Waals surface area (Å²) in [5, 5.41) is 12.8. The molecule has 1 aliphatic carbocycles. The average Bonchev–Trinajstić information content (AvgIpc) is 3.23. The predicted molar refractivity (Wildman–Crippen MR) is 112 cm³/mol. The normalized spacial score (nSPS) is 32.1. The molecule has 2 saturated heterocycles. The van der Waals surface area contributed by atoms with Gasteiger partial charge in [-0.15, -0.1) is 0 Å². The smallest absolute Gasteiger partial charge is 0.0698 e. The van der Waals surface area contributed by atoms with Crippen molar-refractivity contribution in [3.63, 3.8) is 0 Å². The lowest BCUT2D eigenvalue weighted by Gasteiger charge is -2.43. The Morgan fingerprint density at radius 1 is 1.18 bits per heavy atom. The van der Waals surface area contributed by atoms with Crippen molar-refractivity contribution < 1.29 is 9.84 Å². The summed E-state index contributed by atoms with van der Waals surface area (Å²) in [7, 11) is 0. The van der Waals surface area contributed by atoms with Crippen LogP contribution < -0.4 is 0 Å². The molecule has 0 bridgehead atoms. The Morgan fingerprint density at radius 2 is 1.93 bits per heavy atom. The summed E-state index contributed by atoms with van der Waals surface area (Å²) in [4.78, 5) is 8.58. The molecule has 3 fully saturated rings. The summed E-state index contributed by atoms with van der Waals surface area (Å²) in [6.45, 7) is 8.84. The molecule has 0 unspecified atom stereocenters. The van der Waals surface area contributed by atoms with E-state index < -0.39 is 0 Å². The van der Waals surface area contributed by atoms with E-state index >= 15 is 0 Å². The summed E-state index contributed by atoms with van der Waals surface area (Å²) in [5.74, 6) is 1.30. The quantitative estimate of drug-likeness (QED) is 0.827. The van der Waals surface area contributed by atoms with Gasteiger partial charge in [-0.25, -0.2) is 0 Å². The van der Waals surface area contributed by atoms with Gasteiger partial charge in [0.2, 0.25) is 0 Å². The topological polar surface area (TPSA) is 51.7 Å². The highest BCUT2D eigenvalue weighted by Gasteiger charge is 2.43. The Labute approximate surface area is 171 Å². The number of morpholine rings is 1. The predicted octanol–water partition coefficient (Wildman–Crippen LogP) is 3.03. The van der Waals surface area contributed by atoms with Crippen LogP contribution in [0.15, 0.2) is 18.2 Å². The fourth-order valence-corrected chi connectivity index (χ4v) is 5.91. The number of hydrogen-bond acceptors (Lipinski definition) is 4. The maximum atomic E-state index is 10.8. The van der Waals surface area contributed by atoms with Crippen LogP contribution in [0.3, 0.4) is 0 Å². The highest BCUT2D eigenvalue weighted by Crippen LogP contribution is 2.39. The SMILES string of the molecule is Cc1c(CN2C[C@H]3C[C@@H](N4CCOCC4)[C@H](O)C[C@H]3C2)[nH]c2c(Cl)cccc12. The summed E-state index contributed by atoms with van der Waals surface area (Å²) in [6.07, 6.45) is 1.84. The number of nitrogens with one attached hydrogen (secondary N) is 1. The van der Waals surface area contributed by atoms with Crippen molar-refractivity contribution in [1.82, 2.24) is 14.8 Å². The fraction of sp³-hybridized carbons (Fsp3) is 0.636. The third-order valence-corrected chi connectivity index (χ3v) is 7.54. The number of aromatic amines is 1. The van der Waals surface area contributed by atoms with Gasteiger partial charge >= 0.3 is 0 Å². The third-order valence-electron chi connectivity index (χ3n) is 7.23. The lowest BCUT2D eigenvalue weighted by Crippen LogP contribution is -2.53. The molecule has 5 nitrogen and oxygen atoms in total. The number of ether oxygens (including phenoxy) is 1. The molecule has 1 saturated carbocycles. The van der Waals surface area contributed by atoms with Crippen LogP contribution in [0.5, 0.6) is 0 Å². The molecule has 152 valence electrons. The molecular weight excluding hydrogens is 374 g/mol. The number of halogens is 1. The number of para-hydroxylation sites is 1. The molecule has 2 aliphatic heterocycles. The Bertz CT molecular complexity index is 848. The molecule has 5 rings (SSSR count). The molecule has 28 heavy (non-hydrogen) atoms. The largest absolute Gasteiger partial charge is 0.391 e. The number of aliphatic hydroxyl groups excluding tert-OH is 1. The first-order valence-electron chi connectivity index (χ1n) is 10.6. The highest BCUT2D eigenvalue weighted by atomic mass is 35.5. The van der Waals surface area contributed by atoms with E-state index in [4.69, 9.17) is 16.3 Å². The third kappa shape index (κ3) is 3.37.